The predicted molar refractivity (Wildman–Crippen MR) is 52.9 cm³/mol. The second kappa shape index (κ2) is 6.77. The lowest BCUT2D eigenvalue weighted by atomic mass is 10.2. The summed E-state index contributed by atoms with van der Waals surface area (Å²) in [7, 11) is -2.43. The Kier molecular flexibility index (Phi) is 6.93. The van der Waals surface area contributed by atoms with Gasteiger partial charge in [-0.3, -0.25) is 4.18 Å². The lowest BCUT2D eigenvalue weighted by Gasteiger charge is -2.02. The van der Waals surface area contributed by atoms with Crippen LogP contribution in [0.25, 0.3) is 0 Å². The fraction of sp³-hybridized carbons (Fsp3) is 1.00. The van der Waals surface area contributed by atoms with E-state index in [9.17, 15) is 4.21 Å². The van der Waals surface area contributed by atoms with Gasteiger partial charge < -0.3 is 5.11 Å². The summed E-state index contributed by atoms with van der Waals surface area (Å²) in [5.74, 6) is 0. The molecule has 0 radical (unpaired) electrons. The van der Waals surface area contributed by atoms with Crippen molar-refractivity contribution < 1.29 is 13.5 Å². The van der Waals surface area contributed by atoms with Crippen molar-refractivity contribution in [1.29, 1.82) is 0 Å². The summed E-state index contributed by atoms with van der Waals surface area (Å²) < 4.78 is 15.7. The van der Waals surface area contributed by atoms with E-state index in [2.05, 4.69) is 11.2 Å². The van der Waals surface area contributed by atoms with Crippen LogP contribution in [-0.4, -0.2) is 28.8 Å². The van der Waals surface area contributed by atoms with Crippen LogP contribution >= 0.6 is 0 Å². The first-order chi connectivity index (χ1) is 5.56. The minimum atomic E-state index is -2.43. The maximum Gasteiger partial charge on any atom is 0.141 e. The maximum atomic E-state index is 10.8. The van der Waals surface area contributed by atoms with Crippen LogP contribution in [0.2, 0.25) is 0 Å². The van der Waals surface area contributed by atoms with Crippen molar-refractivity contribution in [3.05, 3.63) is 0 Å². The van der Waals surface area contributed by atoms with E-state index in [1.54, 1.807) is 0 Å². The van der Waals surface area contributed by atoms with Gasteiger partial charge in [-0.05, 0) is 12.8 Å². The Hall–Kier alpha value is 0.290. The monoisotopic (exact) mass is 212 g/mol. The Morgan fingerprint density at radius 2 is 1.92 bits per heavy atom. The standard InChI is InChI=1S/C7H16O3S2/c1-12(9,11)10-7-5-3-2-4-6-8/h8H,2-7H2,1H3. The molecule has 5 heteroatoms. The summed E-state index contributed by atoms with van der Waals surface area (Å²) in [5, 5.41) is 8.46. The summed E-state index contributed by atoms with van der Waals surface area (Å²) in [4.78, 5) is 0. The first-order valence-corrected chi connectivity index (χ1v) is 6.83. The Bertz CT molecular complexity index is 187. The highest BCUT2D eigenvalue weighted by atomic mass is 32.8. The molecule has 0 aliphatic carbocycles. The minimum Gasteiger partial charge on any atom is -0.396 e. The summed E-state index contributed by atoms with van der Waals surface area (Å²) >= 11 is 4.55. The van der Waals surface area contributed by atoms with E-state index in [1.165, 1.54) is 6.26 Å². The second-order valence-electron chi connectivity index (χ2n) is 2.66. The molecule has 0 fully saturated rings. The molecule has 0 amide bonds. The van der Waals surface area contributed by atoms with Crippen LogP contribution in [0.1, 0.15) is 25.7 Å². The SMILES string of the molecule is CS(=O)(=S)OCCCCCCO. The van der Waals surface area contributed by atoms with Gasteiger partial charge in [0, 0.05) is 24.1 Å². The van der Waals surface area contributed by atoms with Gasteiger partial charge in [0.2, 0.25) is 0 Å². The number of hydrogen-bond acceptors (Lipinski definition) is 4. The van der Waals surface area contributed by atoms with Crippen LogP contribution < -0.4 is 0 Å². The fourth-order valence-corrected chi connectivity index (χ4v) is 1.40. The Labute approximate surface area is 79.0 Å². The van der Waals surface area contributed by atoms with Crippen molar-refractivity contribution in [3.63, 3.8) is 0 Å². The topological polar surface area (TPSA) is 46.5 Å². The van der Waals surface area contributed by atoms with Crippen molar-refractivity contribution in [1.82, 2.24) is 0 Å². The Morgan fingerprint density at radius 1 is 1.33 bits per heavy atom. The number of aliphatic hydroxyl groups excluding tert-OH is 1. The van der Waals surface area contributed by atoms with Crippen molar-refractivity contribution in [2.45, 2.75) is 25.7 Å². The molecule has 74 valence electrons. The van der Waals surface area contributed by atoms with Crippen molar-refractivity contribution >= 4 is 20.0 Å². The molecular formula is C7H16O3S2. The maximum absolute atomic E-state index is 10.8. The average Bonchev–Trinajstić information content (AvgIpc) is 1.94. The van der Waals surface area contributed by atoms with Crippen LogP contribution in [0.15, 0.2) is 0 Å². The Balaban J connectivity index is 3.12. The molecule has 1 N–H and O–H groups in total. The summed E-state index contributed by atoms with van der Waals surface area (Å²) in [6.45, 7) is 0.705. The third-order valence-electron chi connectivity index (χ3n) is 1.35. The Morgan fingerprint density at radius 3 is 2.42 bits per heavy atom. The molecule has 0 aromatic carbocycles. The molecule has 1 atom stereocenters. The molecule has 0 spiro atoms. The van der Waals surface area contributed by atoms with E-state index < -0.39 is 8.77 Å². The zero-order valence-electron chi connectivity index (χ0n) is 7.32. The van der Waals surface area contributed by atoms with Gasteiger partial charge in [-0.25, -0.2) is 4.21 Å². The molecular weight excluding hydrogens is 196 g/mol. The predicted octanol–water partition coefficient (Wildman–Crippen LogP) is 0.847. The molecule has 0 aliphatic heterocycles. The first kappa shape index (κ1) is 12.3. The lowest BCUT2D eigenvalue weighted by Crippen LogP contribution is -2.02. The third-order valence-corrected chi connectivity index (χ3v) is 2.23. The molecule has 0 aromatic heterocycles. The fourth-order valence-electron chi connectivity index (χ4n) is 0.778. The van der Waals surface area contributed by atoms with Crippen molar-refractivity contribution in [3.8, 4) is 0 Å². The quantitative estimate of drug-likeness (QED) is 0.635. The van der Waals surface area contributed by atoms with Gasteiger partial charge in [-0.1, -0.05) is 12.8 Å². The van der Waals surface area contributed by atoms with Crippen LogP contribution in [-0.2, 0) is 24.1 Å². The van der Waals surface area contributed by atoms with E-state index in [1.807, 2.05) is 0 Å². The molecule has 0 saturated heterocycles. The van der Waals surface area contributed by atoms with Gasteiger partial charge in [0.25, 0.3) is 0 Å². The summed E-state index contributed by atoms with van der Waals surface area (Å²) in [6.07, 6.45) is 5.08. The van der Waals surface area contributed by atoms with Gasteiger partial charge in [0.15, 0.2) is 0 Å². The molecule has 1 unspecified atom stereocenters. The van der Waals surface area contributed by atoms with E-state index in [-0.39, 0.29) is 6.61 Å². The number of aliphatic hydroxyl groups is 1. The molecule has 0 bridgehead atoms. The van der Waals surface area contributed by atoms with E-state index in [0.717, 1.165) is 25.7 Å². The normalized spacial score (nSPS) is 15.8. The summed E-state index contributed by atoms with van der Waals surface area (Å²) in [5.41, 5.74) is 0. The minimum absolute atomic E-state index is 0.242. The highest BCUT2D eigenvalue weighted by Crippen LogP contribution is 2.00. The highest BCUT2D eigenvalue weighted by Gasteiger charge is 1.96. The highest BCUT2D eigenvalue weighted by molar-refractivity contribution is 8.29. The zero-order valence-corrected chi connectivity index (χ0v) is 8.96. The molecule has 0 rings (SSSR count). The first-order valence-electron chi connectivity index (χ1n) is 4.01. The van der Waals surface area contributed by atoms with Crippen molar-refractivity contribution in [2.24, 2.45) is 0 Å². The number of hydrogen-bond donors (Lipinski definition) is 1. The molecule has 0 heterocycles. The van der Waals surface area contributed by atoms with E-state index >= 15 is 0 Å². The largest absolute Gasteiger partial charge is 0.396 e. The molecule has 0 aromatic rings. The third kappa shape index (κ3) is 10.3. The zero-order chi connectivity index (χ0) is 9.45. The van der Waals surface area contributed by atoms with E-state index in [4.69, 9.17) is 9.29 Å². The lowest BCUT2D eigenvalue weighted by molar-refractivity contribution is 0.277. The van der Waals surface area contributed by atoms with Gasteiger partial charge in [0.1, 0.15) is 8.77 Å². The van der Waals surface area contributed by atoms with E-state index in [0.29, 0.717) is 6.61 Å². The molecule has 0 aliphatic rings. The van der Waals surface area contributed by atoms with Crippen LogP contribution in [0, 0.1) is 0 Å². The van der Waals surface area contributed by atoms with Crippen LogP contribution in [0.5, 0.6) is 0 Å². The average molecular weight is 212 g/mol. The number of unbranched alkanes of at least 4 members (excludes halogenated alkanes) is 3. The van der Waals surface area contributed by atoms with Crippen molar-refractivity contribution in [2.75, 3.05) is 19.5 Å². The van der Waals surface area contributed by atoms with Gasteiger partial charge in [-0.2, -0.15) is 0 Å². The smallest absolute Gasteiger partial charge is 0.141 e. The molecule has 0 saturated carbocycles. The number of rotatable bonds is 7. The van der Waals surface area contributed by atoms with Gasteiger partial charge >= 0.3 is 0 Å². The van der Waals surface area contributed by atoms with Gasteiger partial charge in [0.05, 0.1) is 6.61 Å². The van der Waals surface area contributed by atoms with Gasteiger partial charge in [-0.15, -0.1) is 0 Å². The molecule has 3 nitrogen and oxygen atoms in total. The van der Waals surface area contributed by atoms with Crippen LogP contribution in [0.4, 0.5) is 0 Å². The van der Waals surface area contributed by atoms with Crippen LogP contribution in [0.3, 0.4) is 0 Å². The second-order valence-corrected chi connectivity index (χ2v) is 6.12. The molecule has 12 heavy (non-hydrogen) atoms. The summed E-state index contributed by atoms with van der Waals surface area (Å²) in [6, 6.07) is 0.